The molecule has 1 unspecified atom stereocenters. The van der Waals surface area contributed by atoms with E-state index in [4.69, 9.17) is 5.11 Å². The molecule has 1 aliphatic heterocycles. The van der Waals surface area contributed by atoms with Crippen LogP contribution in [-0.4, -0.2) is 38.4 Å². The van der Waals surface area contributed by atoms with Gasteiger partial charge >= 0.3 is 6.18 Å². The quantitative estimate of drug-likeness (QED) is 0.769. The third-order valence-electron chi connectivity index (χ3n) is 3.12. The van der Waals surface area contributed by atoms with E-state index in [0.717, 1.165) is 10.9 Å². The molecule has 0 aliphatic carbocycles. The number of hydrogen-bond acceptors (Lipinski definition) is 5. The average Bonchev–Trinajstić information content (AvgIpc) is 2.88. The van der Waals surface area contributed by atoms with E-state index >= 15 is 0 Å². The first-order chi connectivity index (χ1) is 10.4. The van der Waals surface area contributed by atoms with Crippen molar-refractivity contribution in [2.45, 2.75) is 12.2 Å². The molecule has 3 rings (SSSR count). The molecule has 2 aromatic heterocycles. The Hall–Kier alpha value is -2.62. The second-order valence-corrected chi connectivity index (χ2v) is 4.56. The number of aliphatic hydroxyl groups is 1. The number of rotatable bonds is 2. The number of halogens is 3. The van der Waals surface area contributed by atoms with Crippen molar-refractivity contribution < 1.29 is 23.1 Å². The normalized spacial score (nSPS) is 17.6. The van der Waals surface area contributed by atoms with Crippen LogP contribution in [0.25, 0.3) is 5.69 Å². The molecule has 1 aliphatic rings. The van der Waals surface area contributed by atoms with Gasteiger partial charge in [-0.25, -0.2) is 9.67 Å². The fourth-order valence-corrected chi connectivity index (χ4v) is 2.13. The van der Waals surface area contributed by atoms with E-state index in [-0.39, 0.29) is 17.2 Å². The van der Waals surface area contributed by atoms with Crippen LogP contribution in [0.3, 0.4) is 0 Å². The summed E-state index contributed by atoms with van der Waals surface area (Å²) < 4.78 is 40.1. The highest BCUT2D eigenvalue weighted by Crippen LogP contribution is 2.35. The minimum atomic E-state index is -4.65. The van der Waals surface area contributed by atoms with Gasteiger partial charge in [0.2, 0.25) is 5.91 Å². The lowest BCUT2D eigenvalue weighted by molar-refractivity contribution is -0.141. The molecule has 0 aromatic carbocycles. The van der Waals surface area contributed by atoms with Gasteiger partial charge in [-0.05, 0) is 12.1 Å². The summed E-state index contributed by atoms with van der Waals surface area (Å²) >= 11 is 0. The van der Waals surface area contributed by atoms with Crippen LogP contribution in [0, 0.1) is 0 Å². The average molecular weight is 313 g/mol. The molecular weight excluding hydrogens is 303 g/mol. The van der Waals surface area contributed by atoms with Gasteiger partial charge in [0.25, 0.3) is 0 Å². The monoisotopic (exact) mass is 313 g/mol. The summed E-state index contributed by atoms with van der Waals surface area (Å²) in [5.41, 5.74) is -1.15. The van der Waals surface area contributed by atoms with E-state index in [2.05, 4.69) is 20.7 Å². The maximum atomic E-state index is 13.0. The Labute approximate surface area is 121 Å². The maximum Gasteiger partial charge on any atom is 0.435 e. The lowest BCUT2D eigenvalue weighted by Crippen LogP contribution is -2.41. The topological polar surface area (TPSA) is 92.1 Å². The van der Waals surface area contributed by atoms with Gasteiger partial charge in [0, 0.05) is 6.20 Å². The number of nitrogens with one attached hydrogen (secondary N) is 2. The Morgan fingerprint density at radius 3 is 2.86 bits per heavy atom. The Balaban J connectivity index is 2.11. The second kappa shape index (κ2) is 4.98. The molecule has 0 spiro atoms. The zero-order valence-corrected chi connectivity index (χ0v) is 10.9. The molecule has 1 atom stereocenters. The summed E-state index contributed by atoms with van der Waals surface area (Å²) in [7, 11) is 0. The molecular formula is C12H10F3N5O2. The molecule has 3 heterocycles. The van der Waals surface area contributed by atoms with Gasteiger partial charge in [0.1, 0.15) is 11.7 Å². The maximum absolute atomic E-state index is 13.0. The van der Waals surface area contributed by atoms with Crippen LogP contribution in [0.1, 0.15) is 5.69 Å². The number of nitrogens with zero attached hydrogens (tertiary/aromatic N) is 3. The molecule has 7 nitrogen and oxygen atoms in total. The zero-order chi connectivity index (χ0) is 15.9. The summed E-state index contributed by atoms with van der Waals surface area (Å²) in [6.07, 6.45) is -2.39. The van der Waals surface area contributed by atoms with Crippen molar-refractivity contribution in [1.82, 2.24) is 14.8 Å². The predicted molar refractivity (Wildman–Crippen MR) is 69.5 cm³/mol. The van der Waals surface area contributed by atoms with Crippen LogP contribution in [-0.2, 0) is 11.0 Å². The van der Waals surface area contributed by atoms with Gasteiger partial charge in [-0.15, -0.1) is 0 Å². The van der Waals surface area contributed by atoms with E-state index < -0.39 is 30.4 Å². The molecule has 0 saturated heterocycles. The summed E-state index contributed by atoms with van der Waals surface area (Å²) in [4.78, 5) is 15.0. The van der Waals surface area contributed by atoms with E-state index in [0.29, 0.717) is 0 Å². The number of aliphatic hydroxyl groups excluding tert-OH is 1. The van der Waals surface area contributed by atoms with Crippen molar-refractivity contribution in [2.75, 3.05) is 17.2 Å². The van der Waals surface area contributed by atoms with Crippen LogP contribution in [0.5, 0.6) is 0 Å². The highest BCUT2D eigenvalue weighted by molar-refractivity contribution is 6.02. The number of hydrogen-bond donors (Lipinski definition) is 3. The van der Waals surface area contributed by atoms with Gasteiger partial charge < -0.3 is 15.7 Å². The van der Waals surface area contributed by atoms with Gasteiger partial charge in [0.05, 0.1) is 18.5 Å². The molecule has 10 heteroatoms. The van der Waals surface area contributed by atoms with Crippen LogP contribution in [0.15, 0.2) is 24.5 Å². The molecule has 0 saturated carbocycles. The van der Waals surface area contributed by atoms with Crippen molar-refractivity contribution in [1.29, 1.82) is 0 Å². The Bertz CT molecular complexity index is 728. The van der Waals surface area contributed by atoms with Crippen LogP contribution < -0.4 is 10.6 Å². The molecule has 0 fully saturated rings. The van der Waals surface area contributed by atoms with Crippen LogP contribution in [0.4, 0.5) is 24.7 Å². The molecule has 0 bridgehead atoms. The number of carbonyl (C=O) groups is 1. The fraction of sp³-hybridized carbons (Fsp3) is 0.250. The van der Waals surface area contributed by atoms with Crippen LogP contribution in [0.2, 0.25) is 0 Å². The molecule has 116 valence electrons. The summed E-state index contributed by atoms with van der Waals surface area (Å²) in [6, 6.07) is 1.60. The zero-order valence-electron chi connectivity index (χ0n) is 10.9. The standard InChI is InChI=1S/C12H10F3N5O2/c13-12(14,15)9-8(2-1-3-16-9)20-10-6(4-17-20)19-11(22)7(5-21)18-10/h1-4,7,18,21H,5H2,(H,19,22). The number of amides is 1. The molecule has 3 N–H and O–H groups in total. The third kappa shape index (κ3) is 2.26. The van der Waals surface area contributed by atoms with E-state index in [9.17, 15) is 18.0 Å². The third-order valence-corrected chi connectivity index (χ3v) is 3.12. The van der Waals surface area contributed by atoms with Gasteiger partial charge in [-0.2, -0.15) is 18.3 Å². The molecule has 2 aromatic rings. The lowest BCUT2D eigenvalue weighted by atomic mass is 10.2. The fourth-order valence-electron chi connectivity index (χ4n) is 2.13. The lowest BCUT2D eigenvalue weighted by Gasteiger charge is -2.24. The first-order valence-corrected chi connectivity index (χ1v) is 6.20. The summed E-state index contributed by atoms with van der Waals surface area (Å²) in [5, 5.41) is 18.1. The number of pyridine rings is 1. The molecule has 22 heavy (non-hydrogen) atoms. The van der Waals surface area contributed by atoms with Crippen molar-refractivity contribution in [2.24, 2.45) is 0 Å². The first-order valence-electron chi connectivity index (χ1n) is 6.20. The molecule has 1 amide bonds. The highest BCUT2D eigenvalue weighted by atomic mass is 19.4. The Morgan fingerprint density at radius 2 is 2.18 bits per heavy atom. The minimum absolute atomic E-state index is 0.150. The molecule has 0 radical (unpaired) electrons. The SMILES string of the molecule is O=C1Nc2cnn(-c3cccnc3C(F)(F)F)c2NC1CO. The van der Waals surface area contributed by atoms with Crippen molar-refractivity contribution in [3.8, 4) is 5.69 Å². The van der Waals surface area contributed by atoms with Crippen LogP contribution >= 0.6 is 0 Å². The van der Waals surface area contributed by atoms with Crippen molar-refractivity contribution in [3.05, 3.63) is 30.2 Å². The number of aromatic nitrogens is 3. The highest BCUT2D eigenvalue weighted by Gasteiger charge is 2.37. The second-order valence-electron chi connectivity index (χ2n) is 4.56. The number of carbonyl (C=O) groups excluding carboxylic acids is 1. The predicted octanol–water partition coefficient (Wildman–Crippen LogP) is 1.01. The van der Waals surface area contributed by atoms with E-state index in [1.807, 2.05) is 0 Å². The minimum Gasteiger partial charge on any atom is -0.394 e. The summed E-state index contributed by atoms with van der Waals surface area (Å²) in [6.45, 7) is -0.504. The van der Waals surface area contributed by atoms with Gasteiger partial charge in [0.15, 0.2) is 11.5 Å². The number of anilines is 2. The van der Waals surface area contributed by atoms with Crippen molar-refractivity contribution >= 4 is 17.4 Å². The van der Waals surface area contributed by atoms with E-state index in [1.54, 1.807) is 0 Å². The number of fused-ring (bicyclic) bond motifs is 1. The van der Waals surface area contributed by atoms with Crippen molar-refractivity contribution in [3.63, 3.8) is 0 Å². The largest absolute Gasteiger partial charge is 0.435 e. The Morgan fingerprint density at radius 1 is 1.41 bits per heavy atom. The first kappa shape index (κ1) is 14.3. The van der Waals surface area contributed by atoms with Gasteiger partial charge in [-0.3, -0.25) is 4.79 Å². The van der Waals surface area contributed by atoms with E-state index in [1.165, 1.54) is 18.3 Å². The summed E-state index contributed by atoms with van der Waals surface area (Å²) in [5.74, 6) is -0.339. The van der Waals surface area contributed by atoms with Gasteiger partial charge in [-0.1, -0.05) is 0 Å². The Kier molecular flexibility index (Phi) is 3.24. The smallest absolute Gasteiger partial charge is 0.394 e. The number of alkyl halides is 3.